The fraction of sp³-hybridized carbons (Fsp3) is 0.406. The van der Waals surface area contributed by atoms with Gasteiger partial charge in [0, 0.05) is 27.7 Å². The molecule has 0 spiro atoms. The maximum absolute atomic E-state index is 14.4. The van der Waals surface area contributed by atoms with Crippen molar-refractivity contribution in [3.8, 4) is 0 Å². The highest BCUT2D eigenvalue weighted by molar-refractivity contribution is 7.90. The van der Waals surface area contributed by atoms with Crippen molar-refractivity contribution in [2.75, 3.05) is 13.2 Å². The molecule has 1 saturated heterocycles. The van der Waals surface area contributed by atoms with E-state index in [-0.39, 0.29) is 8.61 Å². The lowest BCUT2D eigenvalue weighted by atomic mass is 9.95. The smallest absolute Gasteiger partial charge is 0.426 e. The van der Waals surface area contributed by atoms with Crippen LogP contribution in [-0.2, 0) is 62.9 Å². The number of amides is 2. The number of nitrogens with zero attached hydrogens (tertiary/aromatic N) is 2. The lowest BCUT2D eigenvalue weighted by Crippen LogP contribution is -2.72. The minimum Gasteiger partial charge on any atom is -0.463 e. The van der Waals surface area contributed by atoms with Gasteiger partial charge in [0.25, 0.3) is 20.0 Å². The molecule has 1 fully saturated rings. The van der Waals surface area contributed by atoms with Gasteiger partial charge in [-0.25, -0.2) is 25.9 Å². The van der Waals surface area contributed by atoms with Gasteiger partial charge in [-0.2, -0.15) is 4.31 Å². The maximum atomic E-state index is 14.4. The average Bonchev–Trinajstić information content (AvgIpc) is 3.01. The van der Waals surface area contributed by atoms with E-state index in [4.69, 9.17) is 23.7 Å². The van der Waals surface area contributed by atoms with E-state index < -0.39 is 104 Å². The van der Waals surface area contributed by atoms with Gasteiger partial charge in [0.15, 0.2) is 18.4 Å². The highest BCUT2D eigenvalue weighted by Crippen LogP contribution is 2.37. The summed E-state index contributed by atoms with van der Waals surface area (Å²) >= 11 is 0. The highest BCUT2D eigenvalue weighted by Gasteiger charge is 2.60. The second-order valence-corrected chi connectivity index (χ2v) is 14.7. The molecule has 0 radical (unpaired) electrons. The fourth-order valence-corrected chi connectivity index (χ4v) is 8.06. The molecule has 16 nitrogen and oxygen atoms in total. The van der Waals surface area contributed by atoms with Crippen LogP contribution < -0.4 is 0 Å². The van der Waals surface area contributed by atoms with Crippen LogP contribution in [0, 0.1) is 13.8 Å². The number of esters is 3. The first-order valence-corrected chi connectivity index (χ1v) is 17.8. The monoisotopic (exact) mass is 738 g/mol. The summed E-state index contributed by atoms with van der Waals surface area (Å²) in [4.78, 5) is 63.3. The van der Waals surface area contributed by atoms with Gasteiger partial charge in [0.05, 0.1) is 9.79 Å². The molecule has 0 aromatic heterocycles. The Kier molecular flexibility index (Phi) is 12.9. The predicted octanol–water partition coefficient (Wildman–Crippen LogP) is 2.37. The summed E-state index contributed by atoms with van der Waals surface area (Å²) < 4.78 is 84.9. The van der Waals surface area contributed by atoms with Crippen LogP contribution in [0.5, 0.6) is 0 Å². The molecule has 1 aliphatic heterocycles. The van der Waals surface area contributed by atoms with Crippen LogP contribution in [0.1, 0.15) is 38.8 Å². The molecule has 50 heavy (non-hydrogen) atoms. The Balaban J connectivity index is 2.48. The molecular formula is C32H38N2O14S2. The molecule has 0 N–H and O–H groups in total. The van der Waals surface area contributed by atoms with Gasteiger partial charge in [-0.3, -0.25) is 19.2 Å². The largest absolute Gasteiger partial charge is 0.463 e. The van der Waals surface area contributed by atoms with Crippen molar-refractivity contribution in [3.63, 3.8) is 0 Å². The van der Waals surface area contributed by atoms with Gasteiger partial charge in [-0.15, -0.1) is 0 Å². The molecule has 0 saturated carbocycles. The highest BCUT2D eigenvalue weighted by atomic mass is 32.2. The van der Waals surface area contributed by atoms with Crippen molar-refractivity contribution < 1.29 is 64.5 Å². The third kappa shape index (κ3) is 9.05. The average molecular weight is 739 g/mol. The molecule has 272 valence electrons. The Hall–Kier alpha value is -4.81. The van der Waals surface area contributed by atoms with Crippen LogP contribution in [0.4, 0.5) is 4.79 Å². The first kappa shape index (κ1) is 39.6. The minimum atomic E-state index is -5.09. The molecule has 0 bridgehead atoms. The van der Waals surface area contributed by atoms with E-state index in [2.05, 4.69) is 6.58 Å². The van der Waals surface area contributed by atoms with Crippen molar-refractivity contribution >= 4 is 50.0 Å². The Labute approximate surface area is 290 Å². The van der Waals surface area contributed by atoms with Crippen LogP contribution >= 0.6 is 0 Å². The molecule has 0 aliphatic carbocycles. The fourth-order valence-electron chi connectivity index (χ4n) is 5.06. The third-order valence-electron chi connectivity index (χ3n) is 7.16. The molecule has 2 aromatic carbocycles. The summed E-state index contributed by atoms with van der Waals surface area (Å²) in [5.74, 6) is -4.21. The lowest BCUT2D eigenvalue weighted by Gasteiger charge is -2.49. The van der Waals surface area contributed by atoms with E-state index >= 15 is 0 Å². The number of sulfonamides is 2. The molecule has 1 aliphatic rings. The number of carbonyl (C=O) groups excluding carboxylic acids is 5. The summed E-state index contributed by atoms with van der Waals surface area (Å²) in [5.41, 5.74) is 1.29. The van der Waals surface area contributed by atoms with E-state index in [1.165, 1.54) is 36.4 Å². The van der Waals surface area contributed by atoms with Gasteiger partial charge in [0.2, 0.25) is 5.91 Å². The zero-order valence-electron chi connectivity index (χ0n) is 28.1. The van der Waals surface area contributed by atoms with Gasteiger partial charge >= 0.3 is 24.0 Å². The molecular weight excluding hydrogens is 700 g/mol. The summed E-state index contributed by atoms with van der Waals surface area (Å²) in [6.07, 6.45) is -8.51. The van der Waals surface area contributed by atoms with Crippen molar-refractivity contribution in [2.24, 2.45) is 0 Å². The zero-order chi connectivity index (χ0) is 37.6. The minimum absolute atomic E-state index is 0.0493. The van der Waals surface area contributed by atoms with Crippen molar-refractivity contribution in [2.45, 2.75) is 81.9 Å². The standard InChI is InChI=1S/C32H38N2O14S2/c1-8-17-44-32(39)34(50(42,43)26-15-11-20(3)12-16-26)31-28(33(21(4)35)49(40,41)25-13-9-19(2)10-14-25)30(47-24(7)38)29(46-23(6)37)27(48-31)18-45-22(5)36/h8-16,27-31H,1,17-18H2,2-7H3/t27-,28-,29-,30-,31-/m1/s1. The molecule has 2 aromatic rings. The topological polar surface area (TPSA) is 206 Å². The van der Waals surface area contributed by atoms with Crippen LogP contribution in [0.3, 0.4) is 0 Å². The number of carbonyl (C=O) groups is 5. The van der Waals surface area contributed by atoms with Crippen molar-refractivity contribution in [1.82, 2.24) is 8.61 Å². The summed E-state index contributed by atoms with van der Waals surface area (Å²) in [7, 11) is -10.1. The van der Waals surface area contributed by atoms with E-state index in [1.54, 1.807) is 13.8 Å². The third-order valence-corrected chi connectivity index (χ3v) is 10.8. The van der Waals surface area contributed by atoms with Gasteiger partial charge in [-0.05, 0) is 38.1 Å². The Bertz CT molecular complexity index is 1830. The second kappa shape index (κ2) is 16.3. The van der Waals surface area contributed by atoms with Crippen LogP contribution in [0.25, 0.3) is 0 Å². The first-order chi connectivity index (χ1) is 23.3. The molecule has 5 atom stereocenters. The van der Waals surface area contributed by atoms with Crippen molar-refractivity contribution in [1.29, 1.82) is 0 Å². The van der Waals surface area contributed by atoms with E-state index in [0.717, 1.165) is 45.9 Å². The van der Waals surface area contributed by atoms with E-state index in [0.29, 0.717) is 11.1 Å². The normalized spacial score (nSPS) is 20.5. The quantitative estimate of drug-likeness (QED) is 0.174. The van der Waals surface area contributed by atoms with Crippen LogP contribution in [0.2, 0.25) is 0 Å². The molecule has 1 heterocycles. The van der Waals surface area contributed by atoms with Crippen LogP contribution in [-0.4, -0.2) is 99.1 Å². The summed E-state index contributed by atoms with van der Waals surface area (Å²) in [6.45, 7) is 9.21. The summed E-state index contributed by atoms with van der Waals surface area (Å²) in [5, 5.41) is 0. The SMILES string of the molecule is C=CCOC(=O)N([C@@H]1O[C@H](COC(C)=O)[C@@H](OC(C)=O)[C@H](OC(C)=O)[C@H]1N(C(C)=O)S(=O)(=O)c1ccc(C)cc1)S(=O)(=O)c1ccc(C)cc1. The van der Waals surface area contributed by atoms with E-state index in [1.807, 2.05) is 0 Å². The number of ether oxygens (including phenoxy) is 5. The lowest BCUT2D eigenvalue weighted by molar-refractivity contribution is -0.243. The predicted molar refractivity (Wildman–Crippen MR) is 173 cm³/mol. The number of rotatable bonds is 12. The maximum Gasteiger partial charge on any atom is 0.426 e. The van der Waals surface area contributed by atoms with Crippen LogP contribution in [0.15, 0.2) is 71.0 Å². The molecule has 18 heteroatoms. The summed E-state index contributed by atoms with van der Waals surface area (Å²) in [6, 6.07) is 8.08. The molecule has 3 rings (SSSR count). The number of benzene rings is 2. The first-order valence-electron chi connectivity index (χ1n) is 15.0. The Morgan fingerprint density at radius 1 is 0.720 bits per heavy atom. The molecule has 2 amide bonds. The van der Waals surface area contributed by atoms with Gasteiger partial charge < -0.3 is 23.7 Å². The van der Waals surface area contributed by atoms with Crippen molar-refractivity contribution in [3.05, 3.63) is 72.3 Å². The van der Waals surface area contributed by atoms with E-state index in [9.17, 15) is 40.8 Å². The zero-order valence-corrected chi connectivity index (χ0v) is 29.8. The Morgan fingerprint density at radius 3 is 1.60 bits per heavy atom. The molecule has 0 unspecified atom stereocenters. The number of aryl methyl sites for hydroxylation is 2. The number of hydrogen-bond donors (Lipinski definition) is 0. The number of hydrogen-bond acceptors (Lipinski definition) is 14. The van der Waals surface area contributed by atoms with Gasteiger partial charge in [-0.1, -0.05) is 48.0 Å². The second-order valence-electron chi connectivity index (χ2n) is 11.1. The Morgan fingerprint density at radius 2 is 1.18 bits per heavy atom. The van der Waals surface area contributed by atoms with Gasteiger partial charge in [0.1, 0.15) is 25.4 Å².